The summed E-state index contributed by atoms with van der Waals surface area (Å²) in [4.78, 5) is 5.67. The van der Waals surface area contributed by atoms with Gasteiger partial charge in [-0.05, 0) is 40.8 Å². The Hall–Kier alpha value is -2.67. The second-order valence-electron chi connectivity index (χ2n) is 5.85. The van der Waals surface area contributed by atoms with E-state index in [1.54, 1.807) is 17.6 Å². The second kappa shape index (κ2) is 9.01. The van der Waals surface area contributed by atoms with E-state index in [9.17, 15) is 0 Å². The van der Waals surface area contributed by atoms with E-state index in [1.165, 1.54) is 11.3 Å². The van der Waals surface area contributed by atoms with Crippen molar-refractivity contribution in [3.05, 3.63) is 87.6 Å². The molecule has 0 aliphatic heterocycles. The summed E-state index contributed by atoms with van der Waals surface area (Å²) in [5.74, 6) is 0.649. The number of thiophene rings is 1. The number of hydrogen-bond acceptors (Lipinski definition) is 6. The van der Waals surface area contributed by atoms with Gasteiger partial charge in [0.2, 0.25) is 5.13 Å². The molecule has 0 bridgehead atoms. The van der Waals surface area contributed by atoms with Crippen molar-refractivity contribution in [2.45, 2.75) is 6.61 Å². The van der Waals surface area contributed by atoms with Gasteiger partial charge in [0.1, 0.15) is 12.4 Å². The SMILES string of the molecule is Clc1cc(/C=N\Nc2nc(-c3cccs3)cs2)ccc1OCc1ccccc1. The van der Waals surface area contributed by atoms with Gasteiger partial charge in [-0.1, -0.05) is 48.0 Å². The lowest BCUT2D eigenvalue weighted by Gasteiger charge is -2.08. The van der Waals surface area contributed by atoms with Crippen molar-refractivity contribution in [2.75, 3.05) is 5.43 Å². The monoisotopic (exact) mass is 425 g/mol. The van der Waals surface area contributed by atoms with E-state index >= 15 is 0 Å². The van der Waals surface area contributed by atoms with E-state index in [0.717, 1.165) is 26.8 Å². The van der Waals surface area contributed by atoms with Gasteiger partial charge in [-0.25, -0.2) is 4.98 Å². The van der Waals surface area contributed by atoms with Gasteiger partial charge < -0.3 is 4.74 Å². The number of hydrazone groups is 1. The van der Waals surface area contributed by atoms with E-state index in [2.05, 4.69) is 21.6 Å². The van der Waals surface area contributed by atoms with E-state index < -0.39 is 0 Å². The number of rotatable bonds is 7. The molecule has 2 heterocycles. The standard InChI is InChI=1S/C21H16ClN3OS2/c22-17-11-16(8-9-19(17)26-13-15-5-2-1-3-6-15)12-23-25-21-24-18(14-28-21)20-7-4-10-27-20/h1-12,14H,13H2,(H,24,25)/b23-12-. The van der Waals surface area contributed by atoms with Crippen molar-refractivity contribution in [2.24, 2.45) is 5.10 Å². The third-order valence-corrected chi connectivity index (χ3v) is 5.78. The van der Waals surface area contributed by atoms with Gasteiger partial charge in [-0.2, -0.15) is 5.10 Å². The number of benzene rings is 2. The molecule has 0 amide bonds. The first-order valence-electron chi connectivity index (χ1n) is 8.53. The molecule has 0 spiro atoms. The van der Waals surface area contributed by atoms with E-state index in [0.29, 0.717) is 17.4 Å². The number of nitrogens with one attached hydrogen (secondary N) is 1. The Bertz CT molecular complexity index is 1060. The number of thiazole rings is 1. The molecule has 0 saturated heterocycles. The van der Waals surface area contributed by atoms with Crippen LogP contribution >= 0.6 is 34.3 Å². The Kier molecular flexibility index (Phi) is 6.01. The van der Waals surface area contributed by atoms with E-state index in [4.69, 9.17) is 16.3 Å². The van der Waals surface area contributed by atoms with Crippen LogP contribution in [-0.4, -0.2) is 11.2 Å². The lowest BCUT2D eigenvalue weighted by atomic mass is 10.2. The first-order chi connectivity index (χ1) is 13.8. The maximum Gasteiger partial charge on any atom is 0.203 e. The summed E-state index contributed by atoms with van der Waals surface area (Å²) in [6, 6.07) is 19.6. The average Bonchev–Trinajstić information content (AvgIpc) is 3.40. The fourth-order valence-corrected chi connectivity index (χ4v) is 4.14. The van der Waals surface area contributed by atoms with Crippen LogP contribution in [0.4, 0.5) is 5.13 Å². The summed E-state index contributed by atoms with van der Waals surface area (Å²) in [6.45, 7) is 0.478. The molecular weight excluding hydrogens is 410 g/mol. The maximum atomic E-state index is 6.34. The zero-order valence-corrected chi connectivity index (χ0v) is 17.1. The predicted molar refractivity (Wildman–Crippen MR) is 119 cm³/mol. The first kappa shape index (κ1) is 18.7. The van der Waals surface area contributed by atoms with Crippen molar-refractivity contribution in [3.63, 3.8) is 0 Å². The fourth-order valence-electron chi connectivity index (χ4n) is 2.47. The molecule has 7 heteroatoms. The molecule has 4 aromatic rings. The van der Waals surface area contributed by atoms with Crippen LogP contribution in [0.25, 0.3) is 10.6 Å². The molecule has 0 aliphatic rings. The van der Waals surface area contributed by atoms with Gasteiger partial charge in [0, 0.05) is 5.38 Å². The van der Waals surface area contributed by atoms with Gasteiger partial charge >= 0.3 is 0 Å². The second-order valence-corrected chi connectivity index (χ2v) is 8.06. The molecule has 0 aliphatic carbocycles. The molecule has 0 radical (unpaired) electrons. The average molecular weight is 426 g/mol. The van der Waals surface area contributed by atoms with Gasteiger partial charge in [0.25, 0.3) is 0 Å². The number of halogens is 1. The molecule has 0 fully saturated rings. The molecule has 4 nitrogen and oxygen atoms in total. The van der Waals surface area contributed by atoms with Crippen molar-refractivity contribution in [1.29, 1.82) is 0 Å². The van der Waals surface area contributed by atoms with Crippen LogP contribution in [0.2, 0.25) is 5.02 Å². The third kappa shape index (κ3) is 4.78. The minimum atomic E-state index is 0.478. The largest absolute Gasteiger partial charge is 0.487 e. The first-order valence-corrected chi connectivity index (χ1v) is 10.7. The third-order valence-electron chi connectivity index (χ3n) is 3.84. The van der Waals surface area contributed by atoms with Crippen LogP contribution in [0, 0.1) is 0 Å². The summed E-state index contributed by atoms with van der Waals surface area (Å²) in [7, 11) is 0. The minimum absolute atomic E-state index is 0.478. The van der Waals surface area contributed by atoms with Crippen molar-refractivity contribution in [1.82, 2.24) is 4.98 Å². The summed E-state index contributed by atoms with van der Waals surface area (Å²) >= 11 is 9.52. The molecule has 28 heavy (non-hydrogen) atoms. The predicted octanol–water partition coefficient (Wildman–Crippen LogP) is 6.55. The van der Waals surface area contributed by atoms with Gasteiger partial charge in [0.05, 0.1) is 21.8 Å². The van der Waals surface area contributed by atoms with Crippen LogP contribution in [0.5, 0.6) is 5.75 Å². The molecule has 0 unspecified atom stereocenters. The normalized spacial score (nSPS) is 11.0. The Balaban J connectivity index is 1.35. The maximum absolute atomic E-state index is 6.34. The molecule has 1 N–H and O–H groups in total. The van der Waals surface area contributed by atoms with E-state index in [1.807, 2.05) is 65.4 Å². The van der Waals surface area contributed by atoms with Crippen LogP contribution in [-0.2, 0) is 6.61 Å². The molecule has 0 saturated carbocycles. The molecular formula is C21H16ClN3OS2. The van der Waals surface area contributed by atoms with Crippen molar-refractivity contribution in [3.8, 4) is 16.3 Å². The molecule has 0 atom stereocenters. The zero-order chi connectivity index (χ0) is 19.2. The van der Waals surface area contributed by atoms with Crippen molar-refractivity contribution < 1.29 is 4.74 Å². The van der Waals surface area contributed by atoms with Gasteiger partial charge in [-0.15, -0.1) is 22.7 Å². The van der Waals surface area contributed by atoms with Crippen LogP contribution < -0.4 is 10.2 Å². The number of nitrogens with zero attached hydrogens (tertiary/aromatic N) is 2. The topological polar surface area (TPSA) is 46.5 Å². The van der Waals surface area contributed by atoms with Crippen LogP contribution in [0.3, 0.4) is 0 Å². The smallest absolute Gasteiger partial charge is 0.203 e. The van der Waals surface area contributed by atoms with Crippen molar-refractivity contribution >= 4 is 45.6 Å². The number of ether oxygens (including phenoxy) is 1. The Labute approximate surface area is 176 Å². The van der Waals surface area contributed by atoms with Gasteiger partial charge in [0.15, 0.2) is 0 Å². The van der Waals surface area contributed by atoms with E-state index in [-0.39, 0.29) is 0 Å². The summed E-state index contributed by atoms with van der Waals surface area (Å²) in [5.41, 5.74) is 5.89. The lowest BCUT2D eigenvalue weighted by molar-refractivity contribution is 0.306. The highest BCUT2D eigenvalue weighted by Crippen LogP contribution is 2.28. The minimum Gasteiger partial charge on any atom is -0.487 e. The summed E-state index contributed by atoms with van der Waals surface area (Å²) in [6.07, 6.45) is 1.71. The van der Waals surface area contributed by atoms with Crippen LogP contribution in [0.15, 0.2) is 76.5 Å². The Morgan fingerprint density at radius 3 is 2.75 bits per heavy atom. The number of anilines is 1. The molecule has 4 rings (SSSR count). The molecule has 2 aromatic carbocycles. The highest BCUT2D eigenvalue weighted by atomic mass is 35.5. The van der Waals surface area contributed by atoms with Gasteiger partial charge in [-0.3, -0.25) is 5.43 Å². The molecule has 2 aromatic heterocycles. The Morgan fingerprint density at radius 1 is 1.07 bits per heavy atom. The summed E-state index contributed by atoms with van der Waals surface area (Å²) in [5, 5.41) is 9.59. The highest BCUT2D eigenvalue weighted by molar-refractivity contribution is 7.15. The lowest BCUT2D eigenvalue weighted by Crippen LogP contribution is -1.96. The number of aromatic nitrogens is 1. The quantitative estimate of drug-likeness (QED) is 0.269. The summed E-state index contributed by atoms with van der Waals surface area (Å²) < 4.78 is 5.79. The molecule has 140 valence electrons. The number of hydrogen-bond donors (Lipinski definition) is 1. The highest BCUT2D eigenvalue weighted by Gasteiger charge is 2.05. The fraction of sp³-hybridized carbons (Fsp3) is 0.0476. The zero-order valence-electron chi connectivity index (χ0n) is 14.7. The van der Waals surface area contributed by atoms with Crippen LogP contribution in [0.1, 0.15) is 11.1 Å². The Morgan fingerprint density at radius 2 is 1.96 bits per heavy atom.